The third-order valence-electron chi connectivity index (χ3n) is 10.6. The van der Waals surface area contributed by atoms with Crippen molar-refractivity contribution < 1.29 is 24.2 Å². The van der Waals surface area contributed by atoms with E-state index in [1.807, 2.05) is 46.2 Å². The monoisotopic (exact) mass is 668 g/mol. The standard InChI is InChI=1S/C38H48N6O5/c1-25(2)44-23-33(19-41-44)31-14-15-40-36(17-31)43(22-26-4-6-28(7-5-26)30-10-13-35(48-3)32(16-30)18-39)37(46)29-8-11-34(12-9-29)49-38(47)42-20-27(21-42)24-45/h10,13-17,19,23,25-29,34,45H,4-9,11-12,20-22,24H2,1-3H3. The van der Waals surface area contributed by atoms with Gasteiger partial charge in [0, 0.05) is 62.1 Å². The molecule has 0 unspecified atom stereocenters. The van der Waals surface area contributed by atoms with Gasteiger partial charge in [-0.15, -0.1) is 0 Å². The zero-order chi connectivity index (χ0) is 34.5. The van der Waals surface area contributed by atoms with E-state index in [1.165, 1.54) is 5.56 Å². The van der Waals surface area contributed by atoms with E-state index in [0.717, 1.165) is 36.8 Å². The van der Waals surface area contributed by atoms with Crippen molar-refractivity contribution in [2.24, 2.45) is 17.8 Å². The van der Waals surface area contributed by atoms with Gasteiger partial charge in [-0.3, -0.25) is 14.4 Å². The van der Waals surface area contributed by atoms with Crippen molar-refractivity contribution in [2.75, 3.05) is 38.3 Å². The fourth-order valence-electron chi connectivity index (χ4n) is 7.51. The van der Waals surface area contributed by atoms with Gasteiger partial charge in [-0.25, -0.2) is 9.78 Å². The number of amides is 2. The summed E-state index contributed by atoms with van der Waals surface area (Å²) in [7, 11) is 1.58. The molecule has 2 amide bonds. The summed E-state index contributed by atoms with van der Waals surface area (Å²) >= 11 is 0. The van der Waals surface area contributed by atoms with Crippen LogP contribution in [0.4, 0.5) is 10.6 Å². The van der Waals surface area contributed by atoms with Crippen LogP contribution in [-0.2, 0) is 9.53 Å². The molecular formula is C38H48N6O5. The Labute approximate surface area is 288 Å². The van der Waals surface area contributed by atoms with Gasteiger partial charge in [-0.05, 0) is 112 Å². The molecule has 1 saturated heterocycles. The maximum atomic E-state index is 14.4. The number of nitrogens with zero attached hydrogens (tertiary/aromatic N) is 6. The number of benzene rings is 1. The molecule has 0 spiro atoms. The minimum Gasteiger partial charge on any atom is -0.495 e. The largest absolute Gasteiger partial charge is 0.495 e. The number of hydrogen-bond donors (Lipinski definition) is 1. The van der Waals surface area contributed by atoms with Crippen molar-refractivity contribution in [3.8, 4) is 22.9 Å². The average Bonchev–Trinajstić information content (AvgIpc) is 3.61. The highest BCUT2D eigenvalue weighted by Gasteiger charge is 2.36. The number of methoxy groups -OCH3 is 1. The number of rotatable bonds is 10. The zero-order valence-electron chi connectivity index (χ0n) is 28.8. The fraction of sp³-hybridized carbons (Fsp3) is 0.553. The van der Waals surface area contributed by atoms with Crippen LogP contribution >= 0.6 is 0 Å². The number of ether oxygens (including phenoxy) is 2. The number of hydrogen-bond acceptors (Lipinski definition) is 8. The van der Waals surface area contributed by atoms with E-state index >= 15 is 0 Å². The Morgan fingerprint density at radius 1 is 1.02 bits per heavy atom. The zero-order valence-corrected chi connectivity index (χ0v) is 28.8. The molecule has 0 bridgehead atoms. The molecule has 1 N–H and O–H groups in total. The molecule has 0 radical (unpaired) electrons. The molecule has 11 heteroatoms. The molecule has 3 fully saturated rings. The van der Waals surface area contributed by atoms with Gasteiger partial charge in [0.05, 0.1) is 18.9 Å². The molecule has 3 heterocycles. The van der Waals surface area contributed by atoms with Gasteiger partial charge < -0.3 is 19.5 Å². The quantitative estimate of drug-likeness (QED) is 0.265. The summed E-state index contributed by atoms with van der Waals surface area (Å²) in [6, 6.07) is 12.4. The van der Waals surface area contributed by atoms with Gasteiger partial charge in [-0.2, -0.15) is 10.4 Å². The maximum absolute atomic E-state index is 14.4. The predicted molar refractivity (Wildman–Crippen MR) is 185 cm³/mol. The Kier molecular flexibility index (Phi) is 10.8. The average molecular weight is 669 g/mol. The van der Waals surface area contributed by atoms with Crippen LogP contribution in [-0.4, -0.2) is 76.2 Å². The van der Waals surface area contributed by atoms with Gasteiger partial charge in [-0.1, -0.05) is 6.07 Å². The second-order valence-electron chi connectivity index (χ2n) is 14.3. The van der Waals surface area contributed by atoms with E-state index in [9.17, 15) is 20.0 Å². The number of nitriles is 1. The molecule has 3 aliphatic rings. The number of anilines is 1. The third kappa shape index (κ3) is 7.91. The summed E-state index contributed by atoms with van der Waals surface area (Å²) < 4.78 is 13.1. The summed E-state index contributed by atoms with van der Waals surface area (Å²) in [5.41, 5.74) is 3.68. The van der Waals surface area contributed by atoms with Crippen LogP contribution in [0, 0.1) is 29.1 Å². The number of aliphatic hydroxyl groups is 1. The molecule has 2 aliphatic carbocycles. The lowest BCUT2D eigenvalue weighted by Crippen LogP contribution is -2.52. The van der Waals surface area contributed by atoms with Crippen molar-refractivity contribution in [1.82, 2.24) is 19.7 Å². The highest BCUT2D eigenvalue weighted by Crippen LogP contribution is 2.39. The molecule has 0 atom stereocenters. The molecule has 6 rings (SSSR count). The van der Waals surface area contributed by atoms with E-state index in [1.54, 1.807) is 18.2 Å². The summed E-state index contributed by atoms with van der Waals surface area (Å²) in [6.07, 6.45) is 11.6. The number of aliphatic hydroxyl groups excluding tert-OH is 1. The van der Waals surface area contributed by atoms with Gasteiger partial charge in [0.2, 0.25) is 5.91 Å². The summed E-state index contributed by atoms with van der Waals surface area (Å²) in [4.78, 5) is 35.2. The van der Waals surface area contributed by atoms with Crippen molar-refractivity contribution >= 4 is 17.8 Å². The van der Waals surface area contributed by atoms with Crippen molar-refractivity contribution in [3.05, 3.63) is 60.0 Å². The lowest BCUT2D eigenvalue weighted by atomic mass is 9.78. The predicted octanol–water partition coefficient (Wildman–Crippen LogP) is 6.33. The van der Waals surface area contributed by atoms with E-state index in [4.69, 9.17) is 14.5 Å². The number of pyridine rings is 1. The van der Waals surface area contributed by atoms with Gasteiger partial charge in [0.25, 0.3) is 0 Å². The number of likely N-dealkylation sites (tertiary alicyclic amines) is 1. The smallest absolute Gasteiger partial charge is 0.410 e. The highest BCUT2D eigenvalue weighted by atomic mass is 16.6. The Morgan fingerprint density at radius 2 is 1.78 bits per heavy atom. The van der Waals surface area contributed by atoms with Gasteiger partial charge >= 0.3 is 6.09 Å². The van der Waals surface area contributed by atoms with E-state index < -0.39 is 0 Å². The molecule has 260 valence electrons. The lowest BCUT2D eigenvalue weighted by molar-refractivity contribution is -0.124. The maximum Gasteiger partial charge on any atom is 0.410 e. The highest BCUT2D eigenvalue weighted by molar-refractivity contribution is 5.94. The Morgan fingerprint density at radius 3 is 2.43 bits per heavy atom. The summed E-state index contributed by atoms with van der Waals surface area (Å²) in [5.74, 6) is 1.98. The first-order valence-corrected chi connectivity index (χ1v) is 17.7. The molecule has 2 aromatic heterocycles. The van der Waals surface area contributed by atoms with Crippen molar-refractivity contribution in [1.29, 1.82) is 5.26 Å². The summed E-state index contributed by atoms with van der Waals surface area (Å²) in [5, 5.41) is 23.4. The normalized spacial score (nSPS) is 22.7. The molecule has 2 saturated carbocycles. The number of aromatic nitrogens is 3. The molecule has 11 nitrogen and oxygen atoms in total. The first-order valence-electron chi connectivity index (χ1n) is 17.7. The fourth-order valence-corrected chi connectivity index (χ4v) is 7.51. The SMILES string of the molecule is COc1ccc(C2CCC(CN(C(=O)C3CCC(OC(=O)N4CC(CO)C4)CC3)c3cc(-c4cnn(C(C)C)c4)ccn3)CC2)cc1C#N. The topological polar surface area (TPSA) is 134 Å². The number of carbonyl (C=O) groups excluding carboxylic acids is 2. The van der Waals surface area contributed by atoms with Crippen LogP contribution in [0.2, 0.25) is 0 Å². The van der Waals surface area contributed by atoms with Gasteiger partial charge in [0.15, 0.2) is 0 Å². The molecular weight excluding hydrogens is 620 g/mol. The van der Waals surface area contributed by atoms with E-state index in [0.29, 0.717) is 74.3 Å². The molecule has 49 heavy (non-hydrogen) atoms. The second kappa shape index (κ2) is 15.4. The third-order valence-corrected chi connectivity index (χ3v) is 10.6. The Balaban J connectivity index is 1.14. The van der Waals surface area contributed by atoms with E-state index in [-0.39, 0.29) is 42.6 Å². The Bertz CT molecular complexity index is 1640. The minimum absolute atomic E-state index is 0.0803. The van der Waals surface area contributed by atoms with Crippen molar-refractivity contribution in [2.45, 2.75) is 83.3 Å². The van der Waals surface area contributed by atoms with Crippen LogP contribution in [0.5, 0.6) is 5.75 Å². The molecule has 3 aromatic rings. The Hall–Kier alpha value is -4.43. The van der Waals surface area contributed by atoms with Crippen LogP contribution < -0.4 is 9.64 Å². The first kappa shape index (κ1) is 34.4. The van der Waals surface area contributed by atoms with Crippen LogP contribution in [0.25, 0.3) is 11.1 Å². The van der Waals surface area contributed by atoms with Crippen LogP contribution in [0.3, 0.4) is 0 Å². The van der Waals surface area contributed by atoms with Crippen molar-refractivity contribution in [3.63, 3.8) is 0 Å². The molecule has 1 aliphatic heterocycles. The minimum atomic E-state index is -0.322. The van der Waals surface area contributed by atoms with Gasteiger partial charge in [0.1, 0.15) is 23.7 Å². The molecule has 1 aromatic carbocycles. The van der Waals surface area contributed by atoms with Crippen LogP contribution in [0.1, 0.15) is 88.3 Å². The lowest BCUT2D eigenvalue weighted by Gasteiger charge is -2.39. The first-order chi connectivity index (χ1) is 23.8. The van der Waals surface area contributed by atoms with E-state index in [2.05, 4.69) is 31.1 Å². The number of carbonyl (C=O) groups is 2. The second-order valence-corrected chi connectivity index (χ2v) is 14.3. The van der Waals surface area contributed by atoms with Crippen LogP contribution in [0.15, 0.2) is 48.9 Å². The summed E-state index contributed by atoms with van der Waals surface area (Å²) in [6.45, 7) is 5.93.